The van der Waals surface area contributed by atoms with Gasteiger partial charge in [-0.2, -0.15) is 0 Å². The lowest BCUT2D eigenvalue weighted by Crippen LogP contribution is -2.12. The summed E-state index contributed by atoms with van der Waals surface area (Å²) in [5.74, 6) is 0.382. The fourth-order valence-electron chi connectivity index (χ4n) is 1.90. The summed E-state index contributed by atoms with van der Waals surface area (Å²) < 4.78 is 13.7. The van der Waals surface area contributed by atoms with E-state index >= 15 is 0 Å². The fraction of sp³-hybridized carbons (Fsp3) is 0.462. The van der Waals surface area contributed by atoms with Crippen molar-refractivity contribution in [1.29, 1.82) is 0 Å². The SMILES string of the molecule is CC(C)Cc1cc2c(cc1F)NCC[C]2. The lowest BCUT2D eigenvalue weighted by molar-refractivity contribution is 0.573. The van der Waals surface area contributed by atoms with Crippen molar-refractivity contribution >= 4 is 5.69 Å². The first-order chi connectivity index (χ1) is 7.16. The van der Waals surface area contributed by atoms with E-state index in [1.165, 1.54) is 0 Å². The predicted octanol–water partition coefficient (Wildman–Crippen LogP) is 3.27. The molecule has 0 saturated heterocycles. The van der Waals surface area contributed by atoms with Crippen molar-refractivity contribution in [1.82, 2.24) is 0 Å². The number of halogens is 1. The van der Waals surface area contributed by atoms with Crippen LogP contribution >= 0.6 is 0 Å². The van der Waals surface area contributed by atoms with E-state index < -0.39 is 0 Å². The van der Waals surface area contributed by atoms with Gasteiger partial charge in [-0.1, -0.05) is 19.9 Å². The number of hydrogen-bond acceptors (Lipinski definition) is 1. The van der Waals surface area contributed by atoms with E-state index in [1.807, 2.05) is 6.07 Å². The van der Waals surface area contributed by atoms with Crippen LogP contribution in [-0.2, 0) is 6.42 Å². The van der Waals surface area contributed by atoms with Gasteiger partial charge in [-0.05, 0) is 36.0 Å². The highest BCUT2D eigenvalue weighted by molar-refractivity contribution is 5.58. The number of nitrogens with one attached hydrogen (secondary N) is 1. The van der Waals surface area contributed by atoms with Crippen molar-refractivity contribution < 1.29 is 4.39 Å². The topological polar surface area (TPSA) is 12.0 Å². The summed E-state index contributed by atoms with van der Waals surface area (Å²) in [6.45, 7) is 5.06. The van der Waals surface area contributed by atoms with Crippen LogP contribution in [0.2, 0.25) is 0 Å². The molecule has 1 aliphatic heterocycles. The van der Waals surface area contributed by atoms with Crippen molar-refractivity contribution in [2.75, 3.05) is 11.9 Å². The first-order valence-corrected chi connectivity index (χ1v) is 5.47. The lowest BCUT2D eigenvalue weighted by atomic mass is 9.96. The Bertz CT molecular complexity index is 358. The molecule has 1 N–H and O–H groups in total. The van der Waals surface area contributed by atoms with E-state index in [-0.39, 0.29) is 5.82 Å². The molecule has 1 heterocycles. The normalized spacial score (nSPS) is 14.9. The third-order valence-corrected chi connectivity index (χ3v) is 2.57. The van der Waals surface area contributed by atoms with Gasteiger partial charge in [0.2, 0.25) is 0 Å². The maximum Gasteiger partial charge on any atom is 0.128 e. The minimum absolute atomic E-state index is 0.0985. The molecule has 0 spiro atoms. The van der Waals surface area contributed by atoms with Crippen molar-refractivity contribution in [2.45, 2.75) is 26.7 Å². The Balaban J connectivity index is 2.32. The van der Waals surface area contributed by atoms with E-state index in [0.717, 1.165) is 36.2 Å². The summed E-state index contributed by atoms with van der Waals surface area (Å²) >= 11 is 0. The van der Waals surface area contributed by atoms with Crippen LogP contribution in [0, 0.1) is 18.2 Å². The Morgan fingerprint density at radius 1 is 1.47 bits per heavy atom. The molecule has 2 heteroatoms. The van der Waals surface area contributed by atoms with Crippen LogP contribution in [0.25, 0.3) is 0 Å². The third kappa shape index (κ3) is 2.31. The van der Waals surface area contributed by atoms with Crippen LogP contribution in [0.1, 0.15) is 31.4 Å². The van der Waals surface area contributed by atoms with Gasteiger partial charge in [-0.25, -0.2) is 4.39 Å². The third-order valence-electron chi connectivity index (χ3n) is 2.57. The molecule has 0 amide bonds. The molecule has 0 fully saturated rings. The molecule has 0 saturated carbocycles. The molecule has 15 heavy (non-hydrogen) atoms. The number of hydrogen-bond donors (Lipinski definition) is 1. The number of anilines is 1. The molecular formula is C13H16FN. The van der Waals surface area contributed by atoms with Crippen LogP contribution in [0.15, 0.2) is 12.1 Å². The summed E-state index contributed by atoms with van der Waals surface area (Å²) in [5, 5.41) is 3.18. The van der Waals surface area contributed by atoms with Crippen LogP contribution < -0.4 is 5.32 Å². The fourth-order valence-corrected chi connectivity index (χ4v) is 1.90. The molecule has 2 radical (unpaired) electrons. The smallest absolute Gasteiger partial charge is 0.128 e. The molecule has 0 unspecified atom stereocenters. The zero-order valence-corrected chi connectivity index (χ0v) is 9.23. The molecule has 0 atom stereocenters. The van der Waals surface area contributed by atoms with Gasteiger partial charge in [0.15, 0.2) is 0 Å². The first kappa shape index (κ1) is 10.5. The number of benzene rings is 1. The Kier molecular flexibility index (Phi) is 2.94. The second-order valence-electron chi connectivity index (χ2n) is 4.44. The standard InChI is InChI=1S/C13H16FN/c1-9(2)6-11-7-10-4-3-5-15-13(10)8-12(11)14/h7-9,15H,3,5-6H2,1-2H3. The molecule has 0 bridgehead atoms. The van der Waals surface area contributed by atoms with Gasteiger partial charge in [0.25, 0.3) is 0 Å². The first-order valence-electron chi connectivity index (χ1n) is 5.47. The molecule has 1 aliphatic rings. The zero-order chi connectivity index (χ0) is 10.8. The van der Waals surface area contributed by atoms with Crippen LogP contribution in [0.4, 0.5) is 10.1 Å². The Morgan fingerprint density at radius 3 is 3.00 bits per heavy atom. The molecule has 1 aromatic rings. The molecule has 1 nitrogen and oxygen atoms in total. The molecule has 2 rings (SSSR count). The minimum Gasteiger partial charge on any atom is -0.385 e. The largest absolute Gasteiger partial charge is 0.385 e. The lowest BCUT2D eigenvalue weighted by Gasteiger charge is -2.19. The summed E-state index contributed by atoms with van der Waals surface area (Å²) in [5.41, 5.74) is 2.71. The summed E-state index contributed by atoms with van der Waals surface area (Å²) in [6, 6.07) is 3.52. The highest BCUT2D eigenvalue weighted by atomic mass is 19.1. The van der Waals surface area contributed by atoms with Crippen molar-refractivity contribution in [3.8, 4) is 0 Å². The molecule has 1 aromatic carbocycles. The van der Waals surface area contributed by atoms with E-state index in [1.54, 1.807) is 6.07 Å². The van der Waals surface area contributed by atoms with Gasteiger partial charge in [-0.3, -0.25) is 0 Å². The predicted molar refractivity (Wildman–Crippen MR) is 60.4 cm³/mol. The van der Waals surface area contributed by atoms with Crippen molar-refractivity contribution in [3.05, 3.63) is 35.5 Å². The van der Waals surface area contributed by atoms with E-state index in [2.05, 4.69) is 25.6 Å². The summed E-state index contributed by atoms with van der Waals surface area (Å²) in [6.07, 6.45) is 4.97. The van der Waals surface area contributed by atoms with Gasteiger partial charge >= 0.3 is 0 Å². The zero-order valence-electron chi connectivity index (χ0n) is 9.23. The number of rotatable bonds is 2. The van der Waals surface area contributed by atoms with E-state index in [9.17, 15) is 4.39 Å². The maximum atomic E-state index is 13.7. The van der Waals surface area contributed by atoms with Crippen LogP contribution in [0.3, 0.4) is 0 Å². The minimum atomic E-state index is -0.0985. The Labute approximate surface area is 90.7 Å². The van der Waals surface area contributed by atoms with E-state index in [4.69, 9.17) is 0 Å². The highest BCUT2D eigenvalue weighted by Gasteiger charge is 2.14. The monoisotopic (exact) mass is 205 g/mol. The Morgan fingerprint density at radius 2 is 2.27 bits per heavy atom. The van der Waals surface area contributed by atoms with Crippen LogP contribution in [-0.4, -0.2) is 6.54 Å². The average Bonchev–Trinajstić information content (AvgIpc) is 2.18. The molecular weight excluding hydrogens is 189 g/mol. The average molecular weight is 205 g/mol. The molecule has 0 aliphatic carbocycles. The van der Waals surface area contributed by atoms with Crippen molar-refractivity contribution in [3.63, 3.8) is 0 Å². The van der Waals surface area contributed by atoms with Gasteiger partial charge in [0.05, 0.1) is 0 Å². The van der Waals surface area contributed by atoms with Gasteiger partial charge in [0.1, 0.15) is 5.82 Å². The molecule has 0 aromatic heterocycles. The van der Waals surface area contributed by atoms with Gasteiger partial charge < -0.3 is 5.32 Å². The number of fused-ring (bicyclic) bond motifs is 1. The van der Waals surface area contributed by atoms with Crippen LogP contribution in [0.5, 0.6) is 0 Å². The van der Waals surface area contributed by atoms with Gasteiger partial charge in [-0.15, -0.1) is 0 Å². The van der Waals surface area contributed by atoms with E-state index in [0.29, 0.717) is 5.92 Å². The van der Waals surface area contributed by atoms with Gasteiger partial charge in [0, 0.05) is 18.7 Å². The second-order valence-corrected chi connectivity index (χ2v) is 4.44. The summed E-state index contributed by atoms with van der Waals surface area (Å²) in [7, 11) is 0. The molecule has 80 valence electrons. The summed E-state index contributed by atoms with van der Waals surface area (Å²) in [4.78, 5) is 0. The second kappa shape index (κ2) is 4.21. The maximum absolute atomic E-state index is 13.7. The Hall–Kier alpha value is -1.05. The quantitative estimate of drug-likeness (QED) is 0.781. The highest BCUT2D eigenvalue weighted by Crippen LogP contribution is 2.27. The van der Waals surface area contributed by atoms with Crippen molar-refractivity contribution in [2.24, 2.45) is 5.92 Å².